The summed E-state index contributed by atoms with van der Waals surface area (Å²) < 4.78 is 13.9. The summed E-state index contributed by atoms with van der Waals surface area (Å²) in [6.45, 7) is 0.223. The van der Waals surface area contributed by atoms with Crippen molar-refractivity contribution >= 4 is 21.8 Å². The van der Waals surface area contributed by atoms with Gasteiger partial charge in [0.05, 0.1) is 0 Å². The summed E-state index contributed by atoms with van der Waals surface area (Å²) >= 11 is 3.21. The Morgan fingerprint density at radius 1 is 1.35 bits per heavy atom. The van der Waals surface area contributed by atoms with Gasteiger partial charge in [0, 0.05) is 29.7 Å². The number of halogens is 2. The first-order valence-electron chi connectivity index (χ1n) is 6.85. The Bertz CT molecular complexity index is 467. The Balaban J connectivity index is 2.05. The number of aliphatic hydroxyl groups excluding tert-OH is 1. The molecule has 0 aliphatic heterocycles. The van der Waals surface area contributed by atoms with Gasteiger partial charge in [-0.3, -0.25) is 4.79 Å². The summed E-state index contributed by atoms with van der Waals surface area (Å²) in [5.41, 5.74) is 0.364. The molecule has 1 aromatic rings. The van der Waals surface area contributed by atoms with Crippen LogP contribution in [0.3, 0.4) is 0 Å². The Kier molecular flexibility index (Phi) is 5.16. The molecule has 1 N–H and O–H groups in total. The molecule has 1 saturated carbocycles. The number of rotatable bonds is 3. The summed E-state index contributed by atoms with van der Waals surface area (Å²) in [4.78, 5) is 14.1. The zero-order chi connectivity index (χ0) is 14.7. The number of hydrogen-bond donors (Lipinski definition) is 1. The van der Waals surface area contributed by atoms with Crippen molar-refractivity contribution in [3.8, 4) is 0 Å². The molecule has 2 rings (SSSR count). The van der Waals surface area contributed by atoms with Crippen LogP contribution in [0.2, 0.25) is 0 Å². The standard InChI is InChI=1S/C15H19BrFNO2/c1-18(14-4-2-10(9-19)3-5-14)15(20)11-6-12(16)8-13(17)7-11/h6-8,10,14,19H,2-5,9H2,1H3. The molecular weight excluding hydrogens is 325 g/mol. The van der Waals surface area contributed by atoms with Crippen molar-refractivity contribution in [1.82, 2.24) is 4.90 Å². The fourth-order valence-corrected chi connectivity index (χ4v) is 3.23. The third-order valence-corrected chi connectivity index (χ3v) is 4.51. The minimum atomic E-state index is -0.417. The lowest BCUT2D eigenvalue weighted by atomic mass is 9.86. The SMILES string of the molecule is CN(C(=O)c1cc(F)cc(Br)c1)C1CCC(CO)CC1. The minimum Gasteiger partial charge on any atom is -0.396 e. The van der Waals surface area contributed by atoms with Crippen LogP contribution in [-0.4, -0.2) is 35.6 Å². The largest absolute Gasteiger partial charge is 0.396 e. The highest BCUT2D eigenvalue weighted by molar-refractivity contribution is 9.10. The van der Waals surface area contributed by atoms with Crippen LogP contribution < -0.4 is 0 Å². The average molecular weight is 344 g/mol. The van der Waals surface area contributed by atoms with Crippen LogP contribution in [0.5, 0.6) is 0 Å². The van der Waals surface area contributed by atoms with Crippen molar-refractivity contribution in [3.05, 3.63) is 34.1 Å². The van der Waals surface area contributed by atoms with Crippen LogP contribution in [0, 0.1) is 11.7 Å². The summed E-state index contributed by atoms with van der Waals surface area (Å²) in [6, 6.07) is 4.42. The molecule has 1 amide bonds. The van der Waals surface area contributed by atoms with E-state index in [1.165, 1.54) is 12.1 Å². The van der Waals surface area contributed by atoms with Crippen molar-refractivity contribution in [1.29, 1.82) is 0 Å². The van der Waals surface area contributed by atoms with Crippen molar-refractivity contribution in [2.75, 3.05) is 13.7 Å². The van der Waals surface area contributed by atoms with Crippen LogP contribution in [0.4, 0.5) is 4.39 Å². The van der Waals surface area contributed by atoms with Crippen LogP contribution in [0.25, 0.3) is 0 Å². The van der Waals surface area contributed by atoms with Crippen LogP contribution in [-0.2, 0) is 0 Å². The second kappa shape index (κ2) is 6.68. The van der Waals surface area contributed by atoms with E-state index in [2.05, 4.69) is 15.9 Å². The van der Waals surface area contributed by atoms with Gasteiger partial charge < -0.3 is 10.0 Å². The van der Waals surface area contributed by atoms with E-state index in [9.17, 15) is 9.18 Å². The molecule has 0 spiro atoms. The molecule has 0 radical (unpaired) electrons. The first-order chi connectivity index (χ1) is 9.51. The molecule has 1 aliphatic carbocycles. The molecule has 20 heavy (non-hydrogen) atoms. The number of carbonyl (C=O) groups is 1. The second-order valence-electron chi connectivity index (χ2n) is 5.43. The van der Waals surface area contributed by atoms with E-state index in [1.807, 2.05) is 0 Å². The van der Waals surface area contributed by atoms with Crippen LogP contribution >= 0.6 is 15.9 Å². The van der Waals surface area contributed by atoms with E-state index in [-0.39, 0.29) is 18.6 Å². The fourth-order valence-electron chi connectivity index (χ4n) is 2.76. The summed E-state index contributed by atoms with van der Waals surface area (Å²) in [5.74, 6) is -0.212. The molecule has 1 fully saturated rings. The van der Waals surface area contributed by atoms with Gasteiger partial charge >= 0.3 is 0 Å². The Morgan fingerprint density at radius 2 is 2.00 bits per heavy atom. The van der Waals surface area contributed by atoms with Gasteiger partial charge in [-0.1, -0.05) is 15.9 Å². The third kappa shape index (κ3) is 3.58. The van der Waals surface area contributed by atoms with Gasteiger partial charge in [0.2, 0.25) is 0 Å². The van der Waals surface area contributed by atoms with Gasteiger partial charge in [0.1, 0.15) is 5.82 Å². The molecule has 0 unspecified atom stereocenters. The molecule has 3 nitrogen and oxygen atoms in total. The monoisotopic (exact) mass is 343 g/mol. The first kappa shape index (κ1) is 15.4. The summed E-state index contributed by atoms with van der Waals surface area (Å²) in [7, 11) is 1.77. The maximum Gasteiger partial charge on any atom is 0.253 e. The molecule has 0 heterocycles. The average Bonchev–Trinajstić information content (AvgIpc) is 2.45. The molecule has 0 atom stereocenters. The minimum absolute atomic E-state index is 0.155. The van der Waals surface area contributed by atoms with Gasteiger partial charge in [-0.25, -0.2) is 4.39 Å². The highest BCUT2D eigenvalue weighted by Gasteiger charge is 2.27. The molecule has 0 saturated heterocycles. The predicted octanol–water partition coefficient (Wildman–Crippen LogP) is 3.21. The van der Waals surface area contributed by atoms with Crippen molar-refractivity contribution in [3.63, 3.8) is 0 Å². The predicted molar refractivity (Wildman–Crippen MR) is 79.0 cm³/mol. The maximum absolute atomic E-state index is 13.4. The van der Waals surface area contributed by atoms with E-state index in [4.69, 9.17) is 5.11 Å². The number of aliphatic hydroxyl groups is 1. The van der Waals surface area contributed by atoms with E-state index in [0.29, 0.717) is 16.0 Å². The number of hydrogen-bond acceptors (Lipinski definition) is 2. The van der Waals surface area contributed by atoms with Gasteiger partial charge in [0.15, 0.2) is 0 Å². The fraction of sp³-hybridized carbons (Fsp3) is 0.533. The van der Waals surface area contributed by atoms with Gasteiger partial charge in [0.25, 0.3) is 5.91 Å². The van der Waals surface area contributed by atoms with Crippen molar-refractivity contribution < 1.29 is 14.3 Å². The lowest BCUT2D eigenvalue weighted by Gasteiger charge is -2.34. The second-order valence-corrected chi connectivity index (χ2v) is 6.35. The molecular formula is C15H19BrFNO2. The third-order valence-electron chi connectivity index (χ3n) is 4.05. The normalized spacial score (nSPS) is 22.6. The zero-order valence-electron chi connectivity index (χ0n) is 11.5. The maximum atomic E-state index is 13.4. The summed E-state index contributed by atoms with van der Waals surface area (Å²) in [6.07, 6.45) is 3.66. The lowest BCUT2D eigenvalue weighted by Crippen LogP contribution is -2.39. The van der Waals surface area contributed by atoms with Gasteiger partial charge in [-0.05, 0) is 49.8 Å². The lowest BCUT2D eigenvalue weighted by molar-refractivity contribution is 0.0652. The molecule has 0 bridgehead atoms. The Labute approximate surface area is 126 Å². The van der Waals surface area contributed by atoms with Crippen LogP contribution in [0.1, 0.15) is 36.0 Å². The summed E-state index contributed by atoms with van der Waals surface area (Å²) in [5, 5.41) is 9.14. The smallest absolute Gasteiger partial charge is 0.253 e. The van der Waals surface area contributed by atoms with E-state index in [1.54, 1.807) is 18.0 Å². The van der Waals surface area contributed by atoms with Crippen molar-refractivity contribution in [2.45, 2.75) is 31.7 Å². The number of benzene rings is 1. The van der Waals surface area contributed by atoms with Crippen molar-refractivity contribution in [2.24, 2.45) is 5.92 Å². The Morgan fingerprint density at radius 3 is 2.55 bits per heavy atom. The molecule has 1 aliphatic rings. The van der Waals surface area contributed by atoms with E-state index < -0.39 is 5.82 Å². The zero-order valence-corrected chi connectivity index (χ0v) is 13.1. The van der Waals surface area contributed by atoms with E-state index in [0.717, 1.165) is 25.7 Å². The molecule has 1 aromatic carbocycles. The first-order valence-corrected chi connectivity index (χ1v) is 7.64. The topological polar surface area (TPSA) is 40.5 Å². The molecule has 0 aromatic heterocycles. The Hall–Kier alpha value is -0.940. The van der Waals surface area contributed by atoms with Crippen LogP contribution in [0.15, 0.2) is 22.7 Å². The number of carbonyl (C=O) groups excluding carboxylic acids is 1. The number of nitrogens with zero attached hydrogens (tertiary/aromatic N) is 1. The van der Waals surface area contributed by atoms with E-state index >= 15 is 0 Å². The molecule has 5 heteroatoms. The highest BCUT2D eigenvalue weighted by atomic mass is 79.9. The number of amides is 1. The van der Waals surface area contributed by atoms with Gasteiger partial charge in [-0.15, -0.1) is 0 Å². The molecule has 110 valence electrons. The quantitative estimate of drug-likeness (QED) is 0.915. The highest BCUT2D eigenvalue weighted by Crippen LogP contribution is 2.27. The van der Waals surface area contributed by atoms with Gasteiger partial charge in [-0.2, -0.15) is 0 Å².